The molecule has 3 nitrogen and oxygen atoms in total. The lowest BCUT2D eigenvalue weighted by Gasteiger charge is -2.22. The number of anilines is 2. The van der Waals surface area contributed by atoms with Gasteiger partial charge in [0.1, 0.15) is 5.82 Å². The Morgan fingerprint density at radius 2 is 2.13 bits per heavy atom. The van der Waals surface area contributed by atoms with Crippen molar-refractivity contribution in [3.8, 4) is 0 Å². The van der Waals surface area contributed by atoms with Crippen molar-refractivity contribution in [3.05, 3.63) is 24.0 Å². The number of nitrogens with one attached hydrogen (secondary N) is 1. The summed E-state index contributed by atoms with van der Waals surface area (Å²) in [5.41, 5.74) is 6.65. The summed E-state index contributed by atoms with van der Waals surface area (Å²) in [4.78, 5) is 0. The maximum absolute atomic E-state index is 12.8. The molecule has 1 atom stereocenters. The topological polar surface area (TPSA) is 58.3 Å². The first kappa shape index (κ1) is 11.8. The number of hydrogen-bond donors (Lipinski definition) is 3. The van der Waals surface area contributed by atoms with E-state index in [0.717, 1.165) is 0 Å². The van der Waals surface area contributed by atoms with Crippen LogP contribution in [-0.4, -0.2) is 17.8 Å². The van der Waals surface area contributed by atoms with Gasteiger partial charge in [-0.15, -0.1) is 0 Å². The predicted molar refractivity (Wildman–Crippen MR) is 60.1 cm³/mol. The maximum Gasteiger partial charge on any atom is 0.125 e. The van der Waals surface area contributed by atoms with Gasteiger partial charge in [-0.2, -0.15) is 0 Å². The number of aliphatic hydroxyl groups excluding tert-OH is 1. The summed E-state index contributed by atoms with van der Waals surface area (Å²) in [7, 11) is 0. The molecule has 0 aliphatic carbocycles. The molecule has 15 heavy (non-hydrogen) atoms. The van der Waals surface area contributed by atoms with E-state index in [4.69, 9.17) is 10.8 Å². The Morgan fingerprint density at radius 1 is 1.47 bits per heavy atom. The molecule has 0 fully saturated rings. The molecular formula is C11H17FN2O. The van der Waals surface area contributed by atoms with Crippen LogP contribution in [0.1, 0.15) is 13.8 Å². The number of rotatable bonds is 4. The highest BCUT2D eigenvalue weighted by molar-refractivity contribution is 5.66. The molecule has 0 unspecified atom stereocenters. The zero-order valence-corrected chi connectivity index (χ0v) is 9.00. The van der Waals surface area contributed by atoms with Crippen LogP contribution in [-0.2, 0) is 0 Å². The summed E-state index contributed by atoms with van der Waals surface area (Å²) in [5, 5.41) is 12.2. The van der Waals surface area contributed by atoms with Crippen LogP contribution in [0.4, 0.5) is 15.8 Å². The first-order valence-electron chi connectivity index (χ1n) is 4.97. The molecule has 0 saturated carbocycles. The minimum atomic E-state index is -0.358. The molecule has 84 valence electrons. The van der Waals surface area contributed by atoms with Gasteiger partial charge in [-0.25, -0.2) is 4.39 Å². The average molecular weight is 212 g/mol. The van der Waals surface area contributed by atoms with Crippen LogP contribution in [0.5, 0.6) is 0 Å². The minimum absolute atomic E-state index is 0.0223. The van der Waals surface area contributed by atoms with Crippen molar-refractivity contribution in [2.45, 2.75) is 19.9 Å². The van der Waals surface area contributed by atoms with Crippen LogP contribution < -0.4 is 11.1 Å². The molecule has 4 heteroatoms. The number of halogens is 1. The quantitative estimate of drug-likeness (QED) is 0.667. The Labute approximate surface area is 89.1 Å². The smallest absolute Gasteiger partial charge is 0.125 e. The molecule has 0 aromatic heterocycles. The van der Waals surface area contributed by atoms with Gasteiger partial charge < -0.3 is 16.2 Å². The second-order valence-electron chi connectivity index (χ2n) is 3.91. The van der Waals surface area contributed by atoms with Crippen LogP contribution in [0.15, 0.2) is 18.2 Å². The van der Waals surface area contributed by atoms with Crippen molar-refractivity contribution in [3.63, 3.8) is 0 Å². The molecule has 1 aromatic rings. The van der Waals surface area contributed by atoms with Gasteiger partial charge in [0.05, 0.1) is 24.0 Å². The Hall–Kier alpha value is -1.29. The molecule has 0 saturated heterocycles. The molecule has 0 spiro atoms. The zero-order valence-electron chi connectivity index (χ0n) is 9.00. The molecule has 0 aliphatic heterocycles. The predicted octanol–water partition coefficient (Wildman–Crippen LogP) is 1.84. The van der Waals surface area contributed by atoms with Gasteiger partial charge in [-0.1, -0.05) is 13.8 Å². The van der Waals surface area contributed by atoms with E-state index in [1.807, 2.05) is 13.8 Å². The van der Waals surface area contributed by atoms with Crippen LogP contribution in [0.2, 0.25) is 0 Å². The van der Waals surface area contributed by atoms with Crippen molar-refractivity contribution in [1.82, 2.24) is 0 Å². The molecule has 4 N–H and O–H groups in total. The van der Waals surface area contributed by atoms with Gasteiger partial charge in [0.15, 0.2) is 0 Å². The first-order valence-corrected chi connectivity index (χ1v) is 4.97. The minimum Gasteiger partial charge on any atom is -0.397 e. The van der Waals surface area contributed by atoms with Crippen LogP contribution in [0.3, 0.4) is 0 Å². The van der Waals surface area contributed by atoms with Crippen LogP contribution in [0, 0.1) is 11.7 Å². The monoisotopic (exact) mass is 212 g/mol. The molecule has 0 amide bonds. The van der Waals surface area contributed by atoms with E-state index in [-0.39, 0.29) is 24.4 Å². The Morgan fingerprint density at radius 3 is 2.60 bits per heavy atom. The normalized spacial score (nSPS) is 12.9. The van der Waals surface area contributed by atoms with Gasteiger partial charge in [0, 0.05) is 0 Å². The Balaban J connectivity index is 2.79. The fourth-order valence-corrected chi connectivity index (χ4v) is 1.29. The van der Waals surface area contributed by atoms with Gasteiger partial charge in [-0.3, -0.25) is 0 Å². The summed E-state index contributed by atoms with van der Waals surface area (Å²) in [6.45, 7) is 4.01. The van der Waals surface area contributed by atoms with Crippen molar-refractivity contribution >= 4 is 11.4 Å². The summed E-state index contributed by atoms with van der Waals surface area (Å²) in [5.74, 6) is -0.0809. The summed E-state index contributed by atoms with van der Waals surface area (Å²) >= 11 is 0. The highest BCUT2D eigenvalue weighted by Crippen LogP contribution is 2.21. The molecule has 0 heterocycles. The summed E-state index contributed by atoms with van der Waals surface area (Å²) in [6, 6.07) is 4.11. The van der Waals surface area contributed by atoms with E-state index in [0.29, 0.717) is 11.4 Å². The van der Waals surface area contributed by atoms with Gasteiger partial charge in [0.2, 0.25) is 0 Å². The summed E-state index contributed by atoms with van der Waals surface area (Å²) < 4.78 is 12.8. The van der Waals surface area contributed by atoms with E-state index >= 15 is 0 Å². The Kier molecular flexibility index (Phi) is 3.91. The maximum atomic E-state index is 12.8. The Bertz CT molecular complexity index is 328. The molecule has 1 rings (SSSR count). The highest BCUT2D eigenvalue weighted by atomic mass is 19.1. The lowest BCUT2D eigenvalue weighted by atomic mass is 10.0. The molecule has 1 aromatic carbocycles. The van der Waals surface area contributed by atoms with Crippen molar-refractivity contribution in [1.29, 1.82) is 0 Å². The fourth-order valence-electron chi connectivity index (χ4n) is 1.29. The zero-order chi connectivity index (χ0) is 11.4. The van der Waals surface area contributed by atoms with Crippen molar-refractivity contribution < 1.29 is 9.50 Å². The fraction of sp³-hybridized carbons (Fsp3) is 0.455. The first-order chi connectivity index (χ1) is 7.04. The van der Waals surface area contributed by atoms with E-state index in [9.17, 15) is 4.39 Å². The van der Waals surface area contributed by atoms with Gasteiger partial charge in [-0.05, 0) is 24.1 Å². The van der Waals surface area contributed by atoms with Crippen LogP contribution in [0.25, 0.3) is 0 Å². The number of nitrogen functional groups attached to an aromatic ring is 1. The lowest BCUT2D eigenvalue weighted by molar-refractivity contribution is 0.249. The van der Waals surface area contributed by atoms with E-state index < -0.39 is 0 Å². The third-order valence-corrected chi connectivity index (χ3v) is 2.36. The molecule has 0 aliphatic rings. The second-order valence-corrected chi connectivity index (χ2v) is 3.91. The van der Waals surface area contributed by atoms with Crippen molar-refractivity contribution in [2.24, 2.45) is 5.92 Å². The van der Waals surface area contributed by atoms with Gasteiger partial charge in [0.25, 0.3) is 0 Å². The number of nitrogens with two attached hydrogens (primary N) is 1. The number of aliphatic hydroxyl groups is 1. The van der Waals surface area contributed by atoms with Gasteiger partial charge >= 0.3 is 0 Å². The highest BCUT2D eigenvalue weighted by Gasteiger charge is 2.12. The van der Waals surface area contributed by atoms with E-state index in [1.54, 1.807) is 6.07 Å². The number of benzene rings is 1. The molecular weight excluding hydrogens is 195 g/mol. The molecule has 0 bridgehead atoms. The van der Waals surface area contributed by atoms with E-state index in [1.165, 1.54) is 12.1 Å². The largest absolute Gasteiger partial charge is 0.397 e. The van der Waals surface area contributed by atoms with Crippen molar-refractivity contribution in [2.75, 3.05) is 17.7 Å². The molecule has 0 radical (unpaired) electrons. The van der Waals surface area contributed by atoms with E-state index in [2.05, 4.69) is 5.32 Å². The number of hydrogen-bond acceptors (Lipinski definition) is 3. The average Bonchev–Trinajstić information content (AvgIpc) is 2.16. The summed E-state index contributed by atoms with van der Waals surface area (Å²) in [6.07, 6.45) is 0. The standard InChI is InChI=1S/C11H17FN2O/c1-7(2)11(6-15)14-10-4-3-8(12)5-9(10)13/h3-5,7,11,14-15H,6,13H2,1-2H3/t11-/m1/s1. The third kappa shape index (κ3) is 3.09. The third-order valence-electron chi connectivity index (χ3n) is 2.36. The second kappa shape index (κ2) is 4.98. The lowest BCUT2D eigenvalue weighted by Crippen LogP contribution is -2.29. The van der Waals surface area contributed by atoms with Crippen LogP contribution >= 0.6 is 0 Å². The SMILES string of the molecule is CC(C)[C@@H](CO)Nc1ccc(F)cc1N.